The molecule has 1 aromatic heterocycles. The number of amides is 5. The Morgan fingerprint density at radius 1 is 1.12 bits per heavy atom. The van der Waals surface area contributed by atoms with E-state index in [1.54, 1.807) is 19.9 Å². The van der Waals surface area contributed by atoms with Gasteiger partial charge in [0.2, 0.25) is 17.7 Å². The van der Waals surface area contributed by atoms with Gasteiger partial charge in [0.15, 0.2) is 0 Å². The van der Waals surface area contributed by atoms with E-state index < -0.39 is 42.6 Å². The molecule has 0 saturated heterocycles. The Bertz CT molecular complexity index is 1240. The van der Waals surface area contributed by atoms with Gasteiger partial charge in [-0.15, -0.1) is 0 Å². The Kier molecular flexibility index (Phi) is 11.1. The molecule has 0 saturated carbocycles. The third-order valence-electron chi connectivity index (χ3n) is 6.61. The zero-order valence-electron chi connectivity index (χ0n) is 23.0. The van der Waals surface area contributed by atoms with Crippen LogP contribution < -0.4 is 26.6 Å². The maximum Gasteiger partial charge on any atom is 0.328 e. The van der Waals surface area contributed by atoms with Gasteiger partial charge in [0, 0.05) is 29.7 Å². The summed E-state index contributed by atoms with van der Waals surface area (Å²) in [6.45, 7) is 3.56. The second-order valence-electron chi connectivity index (χ2n) is 10.0. The van der Waals surface area contributed by atoms with Gasteiger partial charge in [-0.3, -0.25) is 14.4 Å². The van der Waals surface area contributed by atoms with Gasteiger partial charge in [0.05, 0.1) is 19.7 Å². The summed E-state index contributed by atoms with van der Waals surface area (Å²) >= 11 is 0. The molecule has 1 aliphatic rings. The molecule has 3 atom stereocenters. The van der Waals surface area contributed by atoms with Crippen molar-refractivity contribution in [1.29, 1.82) is 0 Å². The van der Waals surface area contributed by atoms with Crippen LogP contribution in [0.15, 0.2) is 42.6 Å². The van der Waals surface area contributed by atoms with Crippen LogP contribution >= 0.6 is 0 Å². The van der Waals surface area contributed by atoms with Crippen LogP contribution in [0.2, 0.25) is 0 Å². The van der Waals surface area contributed by atoms with E-state index in [1.165, 1.54) is 13.2 Å². The van der Waals surface area contributed by atoms with Crippen molar-refractivity contribution in [2.45, 2.75) is 57.7 Å². The first kappa shape index (κ1) is 30.2. The van der Waals surface area contributed by atoms with Crippen LogP contribution in [-0.2, 0) is 30.3 Å². The first-order chi connectivity index (χ1) is 19.2. The highest BCUT2D eigenvalue weighted by molar-refractivity contribution is 5.91. The molecule has 40 heavy (non-hydrogen) atoms. The van der Waals surface area contributed by atoms with Crippen molar-refractivity contribution in [2.75, 3.05) is 20.2 Å². The van der Waals surface area contributed by atoms with Crippen LogP contribution in [-0.4, -0.2) is 73.0 Å². The molecule has 1 aliphatic heterocycles. The number of aromatic nitrogens is 1. The smallest absolute Gasteiger partial charge is 0.328 e. The molecule has 3 rings (SSSR count). The Labute approximate surface area is 233 Å². The van der Waals surface area contributed by atoms with Crippen LogP contribution in [0.5, 0.6) is 0 Å². The van der Waals surface area contributed by atoms with Gasteiger partial charge in [-0.2, -0.15) is 0 Å². The number of methoxy groups -OCH3 is 1. The summed E-state index contributed by atoms with van der Waals surface area (Å²) in [6.07, 6.45) is 6.92. The Balaban J connectivity index is 1.65. The SMILES string of the molecule is COC(=O)C(NC(=O)NCC(=O)N[C@H]1CCCCNC(=O)/C=C/[C@H](Cc2c[nH]c3ccccc23)NC1=O)C(C)C. The Morgan fingerprint density at radius 3 is 2.65 bits per heavy atom. The molecule has 0 spiro atoms. The lowest BCUT2D eigenvalue weighted by atomic mass is 10.0. The molecule has 0 radical (unpaired) electrons. The van der Waals surface area contributed by atoms with Gasteiger partial charge in [-0.1, -0.05) is 38.1 Å². The minimum atomic E-state index is -0.868. The number of ether oxygens (including phenoxy) is 1. The number of hydrogen-bond acceptors (Lipinski definition) is 6. The number of carbonyl (C=O) groups excluding carboxylic acids is 5. The molecule has 0 aliphatic carbocycles. The molecule has 6 N–H and O–H groups in total. The van der Waals surface area contributed by atoms with Crippen LogP contribution in [0, 0.1) is 5.92 Å². The summed E-state index contributed by atoms with van der Waals surface area (Å²) in [5.41, 5.74) is 1.94. The third-order valence-corrected chi connectivity index (χ3v) is 6.61. The van der Waals surface area contributed by atoms with E-state index in [1.807, 2.05) is 30.5 Å². The number of esters is 1. The second-order valence-corrected chi connectivity index (χ2v) is 10.0. The predicted molar refractivity (Wildman–Crippen MR) is 149 cm³/mol. The number of rotatable bonds is 8. The minimum absolute atomic E-state index is 0.219. The molecule has 0 fully saturated rings. The number of para-hydroxylation sites is 1. The number of aromatic amines is 1. The van der Waals surface area contributed by atoms with Crippen LogP contribution in [0.1, 0.15) is 38.7 Å². The number of fused-ring (bicyclic) bond motifs is 1. The lowest BCUT2D eigenvalue weighted by Crippen LogP contribution is -2.54. The highest BCUT2D eigenvalue weighted by Crippen LogP contribution is 2.19. The van der Waals surface area contributed by atoms with E-state index in [4.69, 9.17) is 4.74 Å². The molecule has 2 aromatic rings. The predicted octanol–water partition coefficient (Wildman–Crippen LogP) is 1.03. The van der Waals surface area contributed by atoms with Crippen molar-refractivity contribution in [2.24, 2.45) is 5.92 Å². The third kappa shape index (κ3) is 8.85. The number of hydrogen-bond donors (Lipinski definition) is 6. The summed E-state index contributed by atoms with van der Waals surface area (Å²) in [6, 6.07) is 4.88. The van der Waals surface area contributed by atoms with Gasteiger partial charge in [0.25, 0.3) is 0 Å². The quantitative estimate of drug-likeness (QED) is 0.266. The van der Waals surface area contributed by atoms with Crippen molar-refractivity contribution in [3.63, 3.8) is 0 Å². The fourth-order valence-electron chi connectivity index (χ4n) is 4.43. The highest BCUT2D eigenvalue weighted by atomic mass is 16.5. The summed E-state index contributed by atoms with van der Waals surface area (Å²) in [7, 11) is 1.23. The summed E-state index contributed by atoms with van der Waals surface area (Å²) in [5, 5.41) is 14.4. The fourth-order valence-corrected chi connectivity index (χ4v) is 4.43. The number of benzene rings is 1. The van der Waals surface area contributed by atoms with E-state index >= 15 is 0 Å². The maximum absolute atomic E-state index is 13.3. The number of carbonyl (C=O) groups is 5. The lowest BCUT2D eigenvalue weighted by Gasteiger charge is -2.23. The van der Waals surface area contributed by atoms with E-state index in [0.717, 1.165) is 16.5 Å². The topological polar surface area (TPSA) is 171 Å². The van der Waals surface area contributed by atoms with E-state index in [9.17, 15) is 24.0 Å². The van der Waals surface area contributed by atoms with Crippen molar-refractivity contribution >= 4 is 40.6 Å². The van der Waals surface area contributed by atoms with E-state index in [2.05, 4.69) is 31.6 Å². The first-order valence-electron chi connectivity index (χ1n) is 13.4. The monoisotopic (exact) mass is 554 g/mol. The van der Waals surface area contributed by atoms with Crippen LogP contribution in [0.3, 0.4) is 0 Å². The summed E-state index contributed by atoms with van der Waals surface area (Å²) < 4.78 is 4.70. The van der Waals surface area contributed by atoms with Crippen molar-refractivity contribution in [1.82, 2.24) is 31.6 Å². The van der Waals surface area contributed by atoms with Crippen molar-refractivity contribution < 1.29 is 28.7 Å². The molecular formula is C28H38N6O6. The molecular weight excluding hydrogens is 516 g/mol. The van der Waals surface area contributed by atoms with E-state index in [0.29, 0.717) is 32.2 Å². The van der Waals surface area contributed by atoms with Crippen LogP contribution in [0.25, 0.3) is 10.9 Å². The zero-order valence-corrected chi connectivity index (χ0v) is 23.0. The summed E-state index contributed by atoms with van der Waals surface area (Å²) in [5.74, 6) is -1.99. The standard InChI is InChI=1S/C28H38N6O6/c1-17(2)25(27(38)40-3)34-28(39)31-16-24(36)33-22-10-6-7-13-29-23(35)12-11-19(32-26(22)37)14-18-15-30-21-9-5-4-8-20(18)21/h4-5,8-9,11-12,15,17,19,22,25,30H,6-7,10,13-14,16H2,1-3H3,(H,29,35)(H,32,37)(H,33,36)(H2,31,34,39)/b12-11+/t19-,22+,25?/m1/s1. The molecule has 0 bridgehead atoms. The molecule has 2 heterocycles. The molecule has 216 valence electrons. The Morgan fingerprint density at radius 2 is 1.90 bits per heavy atom. The summed E-state index contributed by atoms with van der Waals surface area (Å²) in [4.78, 5) is 65.5. The molecule has 1 aromatic carbocycles. The van der Waals surface area contributed by atoms with Crippen molar-refractivity contribution in [3.05, 3.63) is 48.2 Å². The molecule has 1 unspecified atom stereocenters. The zero-order chi connectivity index (χ0) is 29.1. The van der Waals surface area contributed by atoms with Gasteiger partial charge in [0.1, 0.15) is 12.1 Å². The van der Waals surface area contributed by atoms with Gasteiger partial charge in [-0.25, -0.2) is 9.59 Å². The lowest BCUT2D eigenvalue weighted by molar-refractivity contribution is -0.144. The van der Waals surface area contributed by atoms with Crippen LogP contribution in [0.4, 0.5) is 4.79 Å². The van der Waals surface area contributed by atoms with Gasteiger partial charge < -0.3 is 36.3 Å². The average Bonchev–Trinajstić information content (AvgIpc) is 3.34. The van der Waals surface area contributed by atoms with Gasteiger partial charge in [-0.05, 0) is 43.2 Å². The first-order valence-corrected chi connectivity index (χ1v) is 13.4. The average molecular weight is 555 g/mol. The Hall–Kier alpha value is -4.35. The number of H-pyrrole nitrogens is 1. The minimum Gasteiger partial charge on any atom is -0.467 e. The molecule has 12 heteroatoms. The van der Waals surface area contributed by atoms with Gasteiger partial charge >= 0.3 is 12.0 Å². The molecule has 5 amide bonds. The number of nitrogens with one attached hydrogen (secondary N) is 6. The van der Waals surface area contributed by atoms with Crippen molar-refractivity contribution in [3.8, 4) is 0 Å². The largest absolute Gasteiger partial charge is 0.467 e. The molecule has 12 nitrogen and oxygen atoms in total. The normalized spacial score (nSPS) is 19.8. The fraction of sp³-hybridized carbons (Fsp3) is 0.464. The van der Waals surface area contributed by atoms with E-state index in [-0.39, 0.29) is 17.7 Å². The second kappa shape index (κ2) is 14.7. The number of urea groups is 1. The maximum atomic E-state index is 13.3. The highest BCUT2D eigenvalue weighted by Gasteiger charge is 2.26.